The van der Waals surface area contributed by atoms with E-state index in [1.807, 2.05) is 21.1 Å². The van der Waals surface area contributed by atoms with E-state index in [4.69, 9.17) is 9.05 Å². The summed E-state index contributed by atoms with van der Waals surface area (Å²) in [5.41, 5.74) is 0. The molecule has 0 aliphatic rings. The fraction of sp³-hybridized carbons (Fsp3) is 0.865. The second-order valence-electron chi connectivity index (χ2n) is 14.0. The summed E-state index contributed by atoms with van der Waals surface area (Å²) < 4.78 is 23.4. The molecule has 1 amide bonds. The van der Waals surface area contributed by atoms with Crippen molar-refractivity contribution in [2.24, 2.45) is 0 Å². The van der Waals surface area contributed by atoms with Gasteiger partial charge in [-0.25, -0.2) is 4.57 Å². The Hall–Kier alpha value is -1.02. The number of phosphoric ester groups is 1. The predicted molar refractivity (Wildman–Crippen MR) is 194 cm³/mol. The third kappa shape index (κ3) is 31.6. The minimum absolute atomic E-state index is 0.0720. The van der Waals surface area contributed by atoms with E-state index in [9.17, 15) is 19.4 Å². The maximum Gasteiger partial charge on any atom is 0.472 e. The zero-order valence-electron chi connectivity index (χ0n) is 30.6. The molecule has 0 heterocycles. The van der Waals surface area contributed by atoms with Crippen molar-refractivity contribution in [2.45, 2.75) is 167 Å². The first-order valence-electron chi connectivity index (χ1n) is 18.7. The lowest BCUT2D eigenvalue weighted by Gasteiger charge is -2.26. The number of nitrogens with zero attached hydrogens (tertiary/aromatic N) is 1. The smallest absolute Gasteiger partial charge is 0.391 e. The van der Waals surface area contributed by atoms with Gasteiger partial charge in [-0.2, -0.15) is 0 Å². The van der Waals surface area contributed by atoms with Crippen molar-refractivity contribution in [3.63, 3.8) is 0 Å². The number of carbonyl (C=O) groups excluding carboxylic acids is 1. The second-order valence-corrected chi connectivity index (χ2v) is 15.4. The summed E-state index contributed by atoms with van der Waals surface area (Å²) in [6.07, 6.45) is 32.0. The number of quaternary nitrogens is 1. The van der Waals surface area contributed by atoms with Gasteiger partial charge in [0, 0.05) is 6.42 Å². The Morgan fingerprint density at radius 2 is 1.22 bits per heavy atom. The van der Waals surface area contributed by atoms with Crippen molar-refractivity contribution < 1.29 is 32.9 Å². The molecule has 0 aromatic rings. The van der Waals surface area contributed by atoms with Crippen molar-refractivity contribution in [2.75, 3.05) is 40.9 Å². The molecule has 9 heteroatoms. The van der Waals surface area contributed by atoms with Crippen molar-refractivity contribution in [1.82, 2.24) is 5.32 Å². The Balaban J connectivity index is 4.47. The second kappa shape index (κ2) is 30.1. The number of nitrogens with one attached hydrogen (secondary N) is 1. The van der Waals surface area contributed by atoms with Crippen LogP contribution >= 0.6 is 7.82 Å². The van der Waals surface area contributed by atoms with Gasteiger partial charge < -0.3 is 19.8 Å². The Morgan fingerprint density at radius 3 is 1.78 bits per heavy atom. The number of unbranched alkanes of at least 4 members (excludes halogenated alkanes) is 17. The molecule has 0 spiro atoms. The molecule has 0 fully saturated rings. The quantitative estimate of drug-likeness (QED) is 0.0278. The van der Waals surface area contributed by atoms with E-state index in [0.717, 1.165) is 51.4 Å². The SMILES string of the molecule is CCCCC/C=C\C=C/CCCCCCCCC(=O)NC(COP(=O)(O)OCC[N+](C)(C)C)C(O)CCCCCCCCCCC. The van der Waals surface area contributed by atoms with E-state index in [1.165, 1.54) is 77.0 Å². The Bertz CT molecular complexity index is 814. The van der Waals surface area contributed by atoms with E-state index in [-0.39, 0.29) is 19.1 Å². The van der Waals surface area contributed by atoms with Crippen LogP contribution in [-0.2, 0) is 18.4 Å². The first-order chi connectivity index (χ1) is 22.0. The number of aliphatic hydroxyl groups is 1. The molecule has 0 saturated heterocycles. The highest BCUT2D eigenvalue weighted by Gasteiger charge is 2.28. The molecule has 0 aliphatic carbocycles. The highest BCUT2D eigenvalue weighted by Crippen LogP contribution is 2.43. The third-order valence-corrected chi connectivity index (χ3v) is 9.21. The van der Waals surface area contributed by atoms with Gasteiger partial charge in [0.2, 0.25) is 5.91 Å². The average molecular weight is 674 g/mol. The standard InChI is InChI=1S/C37H73N2O6P/c1-6-8-10-12-14-16-17-18-19-20-21-23-25-27-29-31-37(41)38-35(34-45-46(42,43)44-33-32-39(3,4)5)36(40)30-28-26-24-22-15-13-11-9-7-2/h14,16-18,35-36,40H,6-13,15,19-34H2,1-5H3,(H-,38,41,42,43)/p+1/b16-14-,18-17-. The van der Waals surface area contributed by atoms with E-state index in [1.54, 1.807) is 0 Å². The van der Waals surface area contributed by atoms with Crippen LogP contribution in [0.25, 0.3) is 0 Å². The summed E-state index contributed by atoms with van der Waals surface area (Å²) in [5.74, 6) is -0.161. The lowest BCUT2D eigenvalue weighted by Crippen LogP contribution is -2.46. The van der Waals surface area contributed by atoms with Crippen molar-refractivity contribution >= 4 is 13.7 Å². The van der Waals surface area contributed by atoms with Crippen LogP contribution < -0.4 is 5.32 Å². The minimum Gasteiger partial charge on any atom is -0.391 e. The van der Waals surface area contributed by atoms with Gasteiger partial charge in [0.15, 0.2) is 0 Å². The fourth-order valence-electron chi connectivity index (χ4n) is 5.15. The molecule has 0 aliphatic heterocycles. The molecule has 3 N–H and O–H groups in total. The summed E-state index contributed by atoms with van der Waals surface area (Å²) in [6, 6.07) is -0.761. The molecular formula is C37H74N2O6P+. The van der Waals surface area contributed by atoms with Crippen LogP contribution in [-0.4, -0.2) is 73.4 Å². The molecule has 0 radical (unpaired) electrons. The number of likely N-dealkylation sites (N-methyl/N-ethyl adjacent to an activating group) is 1. The molecule has 8 nitrogen and oxygen atoms in total. The van der Waals surface area contributed by atoms with Crippen LogP contribution in [0.3, 0.4) is 0 Å². The number of amides is 1. The molecule has 272 valence electrons. The Labute approximate surface area is 284 Å². The molecule has 3 atom stereocenters. The zero-order valence-corrected chi connectivity index (χ0v) is 31.5. The van der Waals surface area contributed by atoms with Gasteiger partial charge in [0.05, 0.1) is 39.9 Å². The predicted octanol–water partition coefficient (Wildman–Crippen LogP) is 9.41. The Kier molecular flexibility index (Phi) is 29.4. The van der Waals surface area contributed by atoms with Crippen molar-refractivity contribution in [3.8, 4) is 0 Å². The van der Waals surface area contributed by atoms with Gasteiger partial charge in [0.25, 0.3) is 0 Å². The first-order valence-corrected chi connectivity index (χ1v) is 20.2. The zero-order chi connectivity index (χ0) is 34.4. The lowest BCUT2D eigenvalue weighted by atomic mass is 10.0. The van der Waals surface area contributed by atoms with Gasteiger partial charge in [-0.3, -0.25) is 13.8 Å². The van der Waals surface area contributed by atoms with Gasteiger partial charge in [-0.1, -0.05) is 134 Å². The average Bonchev–Trinajstić information content (AvgIpc) is 2.99. The van der Waals surface area contributed by atoms with E-state index < -0.39 is 20.0 Å². The molecule has 0 bridgehead atoms. The number of hydrogen-bond donors (Lipinski definition) is 3. The van der Waals surface area contributed by atoms with Gasteiger partial charge in [-0.05, 0) is 38.5 Å². The topological polar surface area (TPSA) is 105 Å². The number of hydrogen-bond acceptors (Lipinski definition) is 5. The fourth-order valence-corrected chi connectivity index (χ4v) is 5.89. The molecule has 3 unspecified atom stereocenters. The van der Waals surface area contributed by atoms with Crippen LogP contribution in [0.15, 0.2) is 24.3 Å². The number of aliphatic hydroxyl groups excluding tert-OH is 1. The van der Waals surface area contributed by atoms with Gasteiger partial charge in [0.1, 0.15) is 13.2 Å². The highest BCUT2D eigenvalue weighted by atomic mass is 31.2. The summed E-state index contributed by atoms with van der Waals surface area (Å²) in [6.45, 7) is 4.80. The van der Waals surface area contributed by atoms with Crippen LogP contribution in [0.5, 0.6) is 0 Å². The largest absolute Gasteiger partial charge is 0.472 e. The summed E-state index contributed by atoms with van der Waals surface area (Å²) in [5, 5.41) is 13.8. The molecule has 0 saturated carbocycles. The van der Waals surface area contributed by atoms with Crippen molar-refractivity contribution in [1.29, 1.82) is 0 Å². The molecule has 0 rings (SSSR count). The molecule has 46 heavy (non-hydrogen) atoms. The first kappa shape index (κ1) is 45.0. The maximum atomic E-state index is 12.8. The lowest BCUT2D eigenvalue weighted by molar-refractivity contribution is -0.870. The normalized spacial score (nSPS) is 15.0. The molecule has 0 aromatic heterocycles. The van der Waals surface area contributed by atoms with E-state index >= 15 is 0 Å². The van der Waals surface area contributed by atoms with Gasteiger partial charge >= 0.3 is 7.82 Å². The maximum absolute atomic E-state index is 12.8. The van der Waals surface area contributed by atoms with Crippen LogP contribution in [0.4, 0.5) is 0 Å². The Morgan fingerprint density at radius 1 is 0.739 bits per heavy atom. The van der Waals surface area contributed by atoms with Gasteiger partial charge in [-0.15, -0.1) is 0 Å². The van der Waals surface area contributed by atoms with Crippen LogP contribution in [0.1, 0.15) is 155 Å². The third-order valence-electron chi connectivity index (χ3n) is 8.23. The summed E-state index contributed by atoms with van der Waals surface area (Å²) in [7, 11) is 1.60. The van der Waals surface area contributed by atoms with Crippen LogP contribution in [0, 0.1) is 0 Å². The molecular weight excluding hydrogens is 599 g/mol. The number of phosphoric acid groups is 1. The van der Waals surface area contributed by atoms with Crippen LogP contribution in [0.2, 0.25) is 0 Å². The monoisotopic (exact) mass is 674 g/mol. The highest BCUT2D eigenvalue weighted by molar-refractivity contribution is 7.47. The number of carbonyl (C=O) groups is 1. The van der Waals surface area contributed by atoms with Crippen molar-refractivity contribution in [3.05, 3.63) is 24.3 Å². The number of rotatable bonds is 33. The van der Waals surface area contributed by atoms with E-state index in [2.05, 4.69) is 43.5 Å². The number of allylic oxidation sites excluding steroid dienone is 4. The summed E-state index contributed by atoms with van der Waals surface area (Å²) >= 11 is 0. The summed E-state index contributed by atoms with van der Waals surface area (Å²) in [4.78, 5) is 22.9. The molecule has 0 aromatic carbocycles. The van der Waals surface area contributed by atoms with E-state index in [0.29, 0.717) is 23.9 Å². The minimum atomic E-state index is -4.30.